The van der Waals surface area contributed by atoms with Crippen LogP contribution < -0.4 is 4.74 Å². The van der Waals surface area contributed by atoms with Gasteiger partial charge in [-0.05, 0) is 61.0 Å². The van der Waals surface area contributed by atoms with Crippen molar-refractivity contribution in [2.24, 2.45) is 0 Å². The number of rotatable bonds is 4. The van der Waals surface area contributed by atoms with Crippen LogP contribution in [0.3, 0.4) is 0 Å². The number of hydrogen-bond donors (Lipinski definition) is 0. The van der Waals surface area contributed by atoms with Gasteiger partial charge in [0.05, 0.1) is 15.4 Å². The van der Waals surface area contributed by atoms with E-state index in [0.717, 1.165) is 11.6 Å². The fourth-order valence-corrected chi connectivity index (χ4v) is 4.12. The van der Waals surface area contributed by atoms with E-state index in [0.29, 0.717) is 38.9 Å². The Balaban J connectivity index is 1.81. The largest absolute Gasteiger partial charge is 0.457 e. The van der Waals surface area contributed by atoms with Crippen LogP contribution in [0.25, 0.3) is 22.0 Å². The van der Waals surface area contributed by atoms with Crippen LogP contribution in [0.2, 0.25) is 5.02 Å². The maximum atomic E-state index is 14.8. The molecule has 7 heteroatoms. The van der Waals surface area contributed by atoms with Crippen LogP contribution in [0.15, 0.2) is 71.6 Å². The van der Waals surface area contributed by atoms with Gasteiger partial charge >= 0.3 is 0 Å². The lowest BCUT2D eigenvalue weighted by Crippen LogP contribution is -1.97. The van der Waals surface area contributed by atoms with E-state index in [2.05, 4.69) is 4.98 Å². The summed E-state index contributed by atoms with van der Waals surface area (Å²) in [4.78, 5) is 4.62. The molecular weight excluding hydrogens is 425 g/mol. The molecule has 3 aromatic carbocycles. The van der Waals surface area contributed by atoms with Gasteiger partial charge in [-0.3, -0.25) is 4.98 Å². The number of fused-ring (bicyclic) bond motifs is 1. The highest BCUT2D eigenvalue weighted by Crippen LogP contribution is 2.36. The standard InChI is InChI=1S/C23H17ClFNO3S/c1-14-11-19(18-7-4-8-21(24)23(18)26-14)20-13-16(9-10-22(20)25)29-15-5-3-6-17(12-15)30(2,27)28/h3-13H,1-2H3. The molecule has 0 fully saturated rings. The Morgan fingerprint density at radius 1 is 0.933 bits per heavy atom. The number of para-hydroxylation sites is 1. The zero-order valence-electron chi connectivity index (χ0n) is 16.2. The Morgan fingerprint density at radius 2 is 1.67 bits per heavy atom. The SMILES string of the molecule is Cc1cc(-c2cc(Oc3cccc(S(C)(=O)=O)c3)ccc2F)c2cccc(Cl)c2n1. The van der Waals surface area contributed by atoms with Crippen molar-refractivity contribution >= 4 is 32.3 Å². The first-order valence-electron chi connectivity index (χ1n) is 9.06. The predicted molar refractivity (Wildman–Crippen MR) is 117 cm³/mol. The van der Waals surface area contributed by atoms with Gasteiger partial charge in [-0.15, -0.1) is 0 Å². The highest BCUT2D eigenvalue weighted by Gasteiger charge is 2.14. The van der Waals surface area contributed by atoms with Crippen molar-refractivity contribution in [3.05, 3.63) is 83.3 Å². The summed E-state index contributed by atoms with van der Waals surface area (Å²) in [5.74, 6) is 0.301. The monoisotopic (exact) mass is 441 g/mol. The molecule has 4 nitrogen and oxygen atoms in total. The van der Waals surface area contributed by atoms with E-state index >= 15 is 0 Å². The second kappa shape index (κ2) is 7.70. The number of halogens is 2. The first-order valence-corrected chi connectivity index (χ1v) is 11.3. The van der Waals surface area contributed by atoms with Crippen LogP contribution >= 0.6 is 11.6 Å². The van der Waals surface area contributed by atoms with Crippen LogP contribution in [0.1, 0.15) is 5.69 Å². The van der Waals surface area contributed by atoms with Crippen molar-refractivity contribution < 1.29 is 17.5 Å². The molecule has 0 aliphatic rings. The number of nitrogens with zero attached hydrogens (tertiary/aromatic N) is 1. The van der Waals surface area contributed by atoms with Crippen molar-refractivity contribution in [2.45, 2.75) is 11.8 Å². The van der Waals surface area contributed by atoms with E-state index in [4.69, 9.17) is 16.3 Å². The maximum absolute atomic E-state index is 14.8. The molecule has 1 aromatic heterocycles. The molecule has 0 aliphatic carbocycles. The van der Waals surface area contributed by atoms with Crippen LogP contribution in [-0.4, -0.2) is 19.7 Å². The van der Waals surface area contributed by atoms with E-state index in [1.54, 1.807) is 36.4 Å². The van der Waals surface area contributed by atoms with E-state index in [9.17, 15) is 12.8 Å². The molecule has 30 heavy (non-hydrogen) atoms. The lowest BCUT2D eigenvalue weighted by molar-refractivity contribution is 0.479. The quantitative estimate of drug-likeness (QED) is 0.378. The highest BCUT2D eigenvalue weighted by molar-refractivity contribution is 7.90. The summed E-state index contributed by atoms with van der Waals surface area (Å²) in [7, 11) is -3.37. The lowest BCUT2D eigenvalue weighted by atomic mass is 9.99. The summed E-state index contributed by atoms with van der Waals surface area (Å²) in [6.45, 7) is 1.82. The molecular formula is C23H17ClFNO3S. The summed E-state index contributed by atoms with van der Waals surface area (Å²) >= 11 is 6.29. The third-order valence-electron chi connectivity index (χ3n) is 4.62. The van der Waals surface area contributed by atoms with Crippen LogP contribution in [-0.2, 0) is 9.84 Å². The number of aromatic nitrogens is 1. The predicted octanol–water partition coefficient (Wildman–Crippen LogP) is 6.20. The van der Waals surface area contributed by atoms with Gasteiger partial charge in [-0.1, -0.05) is 29.8 Å². The minimum absolute atomic E-state index is 0.146. The molecule has 0 saturated heterocycles. The molecule has 1 heterocycles. The first-order chi connectivity index (χ1) is 14.2. The van der Waals surface area contributed by atoms with E-state index in [1.807, 2.05) is 13.0 Å². The number of ether oxygens (including phenoxy) is 1. The molecule has 4 aromatic rings. The third-order valence-corrected chi connectivity index (χ3v) is 6.03. The van der Waals surface area contributed by atoms with Gasteiger partial charge < -0.3 is 4.74 Å². The molecule has 0 atom stereocenters. The smallest absolute Gasteiger partial charge is 0.175 e. The van der Waals surface area contributed by atoms with E-state index < -0.39 is 15.7 Å². The molecule has 0 bridgehead atoms. The molecule has 4 rings (SSSR count). The number of aryl methyl sites for hydroxylation is 1. The van der Waals surface area contributed by atoms with Gasteiger partial charge in [0.15, 0.2) is 9.84 Å². The fraction of sp³-hybridized carbons (Fsp3) is 0.0870. The van der Waals surface area contributed by atoms with Crippen LogP contribution in [0.5, 0.6) is 11.5 Å². The van der Waals surface area contributed by atoms with Crippen LogP contribution in [0, 0.1) is 12.7 Å². The zero-order chi connectivity index (χ0) is 21.5. The molecule has 0 aliphatic heterocycles. The average Bonchev–Trinajstić information content (AvgIpc) is 2.69. The second-order valence-corrected chi connectivity index (χ2v) is 9.36. The Morgan fingerprint density at radius 3 is 2.43 bits per heavy atom. The molecule has 152 valence electrons. The number of benzene rings is 3. The molecule has 0 amide bonds. The topological polar surface area (TPSA) is 56.3 Å². The van der Waals surface area contributed by atoms with Gasteiger partial charge in [-0.2, -0.15) is 0 Å². The Kier molecular flexibility index (Phi) is 5.22. The van der Waals surface area contributed by atoms with Crippen LogP contribution in [0.4, 0.5) is 4.39 Å². The first kappa shape index (κ1) is 20.3. The Hall–Kier alpha value is -2.96. The molecule has 0 saturated carbocycles. The van der Waals surface area contributed by atoms with Gasteiger partial charge in [0.25, 0.3) is 0 Å². The average molecular weight is 442 g/mol. The minimum Gasteiger partial charge on any atom is -0.457 e. The molecule has 0 N–H and O–H groups in total. The Bertz CT molecular complexity index is 1390. The van der Waals surface area contributed by atoms with Gasteiger partial charge in [0, 0.05) is 22.9 Å². The summed E-state index contributed by atoms with van der Waals surface area (Å²) in [5, 5.41) is 1.21. The fourth-order valence-electron chi connectivity index (χ4n) is 3.24. The molecule has 0 unspecified atom stereocenters. The summed E-state index contributed by atoms with van der Waals surface area (Å²) in [5.41, 5.74) is 2.29. The normalized spacial score (nSPS) is 11.6. The number of hydrogen-bond acceptors (Lipinski definition) is 4. The van der Waals surface area contributed by atoms with Gasteiger partial charge in [-0.25, -0.2) is 12.8 Å². The number of pyridine rings is 1. The van der Waals surface area contributed by atoms with Gasteiger partial charge in [0.2, 0.25) is 0 Å². The van der Waals surface area contributed by atoms with Crippen molar-refractivity contribution in [1.82, 2.24) is 4.98 Å². The number of sulfone groups is 1. The maximum Gasteiger partial charge on any atom is 0.175 e. The van der Waals surface area contributed by atoms with E-state index in [1.165, 1.54) is 24.3 Å². The second-order valence-electron chi connectivity index (χ2n) is 6.94. The summed E-state index contributed by atoms with van der Waals surface area (Å²) in [6, 6.07) is 17.7. The molecule has 0 radical (unpaired) electrons. The molecule has 0 spiro atoms. The zero-order valence-corrected chi connectivity index (χ0v) is 17.8. The lowest BCUT2D eigenvalue weighted by Gasteiger charge is -2.13. The van der Waals surface area contributed by atoms with E-state index in [-0.39, 0.29) is 4.90 Å². The van der Waals surface area contributed by atoms with Crippen molar-refractivity contribution in [3.8, 4) is 22.6 Å². The minimum atomic E-state index is -3.37. The summed E-state index contributed by atoms with van der Waals surface area (Å²) < 4.78 is 44.2. The highest BCUT2D eigenvalue weighted by atomic mass is 35.5. The van der Waals surface area contributed by atoms with Crippen molar-refractivity contribution in [1.29, 1.82) is 0 Å². The summed E-state index contributed by atoms with van der Waals surface area (Å²) in [6.07, 6.45) is 1.13. The third kappa shape index (κ3) is 4.01. The Labute approximate surface area is 178 Å². The van der Waals surface area contributed by atoms with Gasteiger partial charge in [0.1, 0.15) is 17.3 Å². The van der Waals surface area contributed by atoms with Crippen molar-refractivity contribution in [2.75, 3.05) is 6.26 Å². The van der Waals surface area contributed by atoms with Crippen molar-refractivity contribution in [3.63, 3.8) is 0 Å².